The van der Waals surface area contributed by atoms with Crippen molar-refractivity contribution in [2.24, 2.45) is 11.7 Å². The van der Waals surface area contributed by atoms with Crippen LogP contribution in [0.4, 0.5) is 24.2 Å². The summed E-state index contributed by atoms with van der Waals surface area (Å²) in [7, 11) is -9.79. The molecule has 26 heavy (non-hydrogen) atoms. The van der Waals surface area contributed by atoms with Gasteiger partial charge in [0, 0.05) is 12.1 Å². The van der Waals surface area contributed by atoms with Crippen LogP contribution < -0.4 is 11.1 Å². The maximum atomic E-state index is 13.0. The Balaban J connectivity index is 1.84. The van der Waals surface area contributed by atoms with Crippen molar-refractivity contribution in [2.75, 3.05) is 6.54 Å². The standard InChI is InChI=1S/C15H18F5N3O2S/c16-26(17,18,19,20)12-3-1-2-10(4-12)9-23(13(24)8-22-14(21)25)15-5-11(6-15)7-15/h1-4,11H,5-9H2,(H3,21,22,25). The number of urea groups is 1. The number of benzene rings is 1. The number of amides is 3. The summed E-state index contributed by atoms with van der Waals surface area (Å²) in [4.78, 5) is 22.6. The minimum absolute atomic E-state index is 0.0482. The van der Waals surface area contributed by atoms with Gasteiger partial charge in [0.25, 0.3) is 0 Å². The number of hydrogen-bond donors (Lipinski definition) is 2. The molecule has 4 rings (SSSR count). The van der Waals surface area contributed by atoms with Gasteiger partial charge in [-0.2, -0.15) is 0 Å². The minimum Gasteiger partial charge on any atom is -0.352 e. The molecule has 0 aliphatic heterocycles. The maximum absolute atomic E-state index is 13.0. The molecule has 1 aromatic carbocycles. The van der Waals surface area contributed by atoms with Crippen LogP contribution in [0.1, 0.15) is 24.8 Å². The average Bonchev–Trinajstić information content (AvgIpc) is 2.38. The van der Waals surface area contributed by atoms with Gasteiger partial charge >= 0.3 is 16.3 Å². The first-order valence-corrected chi connectivity index (χ1v) is 9.80. The number of primary amides is 1. The molecular weight excluding hydrogens is 381 g/mol. The van der Waals surface area contributed by atoms with Crippen LogP contribution in [0.2, 0.25) is 0 Å². The number of carbonyl (C=O) groups excluding carboxylic acids is 2. The van der Waals surface area contributed by atoms with Crippen molar-refractivity contribution in [3.63, 3.8) is 0 Å². The second-order valence-corrected chi connectivity index (χ2v) is 9.43. The summed E-state index contributed by atoms with van der Waals surface area (Å²) in [5, 5.41) is 2.15. The summed E-state index contributed by atoms with van der Waals surface area (Å²) in [6.07, 6.45) is 2.16. The monoisotopic (exact) mass is 399 g/mol. The second-order valence-electron chi connectivity index (χ2n) is 7.02. The largest absolute Gasteiger partial charge is 0.352 e. The number of halogens is 5. The van der Waals surface area contributed by atoms with E-state index in [0.29, 0.717) is 18.1 Å². The fourth-order valence-corrected chi connectivity index (χ4v) is 4.32. The zero-order valence-corrected chi connectivity index (χ0v) is 14.4. The minimum atomic E-state index is -9.79. The highest BCUT2D eigenvalue weighted by Crippen LogP contribution is 3.02. The van der Waals surface area contributed by atoms with Crippen molar-refractivity contribution >= 4 is 22.2 Å². The molecule has 0 saturated heterocycles. The molecule has 0 atom stereocenters. The van der Waals surface area contributed by atoms with Gasteiger partial charge in [-0.3, -0.25) is 4.79 Å². The highest BCUT2D eigenvalue weighted by atomic mass is 32.5. The summed E-state index contributed by atoms with van der Waals surface area (Å²) in [6, 6.07) is 1.97. The quantitative estimate of drug-likeness (QED) is 0.712. The predicted molar refractivity (Wildman–Crippen MR) is 86.0 cm³/mol. The summed E-state index contributed by atoms with van der Waals surface area (Å²) < 4.78 is 65.1. The van der Waals surface area contributed by atoms with Gasteiger partial charge in [0.15, 0.2) is 0 Å². The Hall–Kier alpha value is -2.04. The van der Waals surface area contributed by atoms with E-state index in [1.54, 1.807) is 0 Å². The van der Waals surface area contributed by atoms with E-state index in [1.165, 1.54) is 11.0 Å². The molecule has 3 aliphatic carbocycles. The van der Waals surface area contributed by atoms with Crippen LogP contribution in [0.25, 0.3) is 0 Å². The lowest BCUT2D eigenvalue weighted by Gasteiger charge is -2.66. The Bertz CT molecular complexity index is 766. The molecule has 3 N–H and O–H groups in total. The molecule has 3 amide bonds. The van der Waals surface area contributed by atoms with Gasteiger partial charge in [0.05, 0.1) is 6.54 Å². The molecule has 0 heterocycles. The van der Waals surface area contributed by atoms with E-state index >= 15 is 0 Å². The van der Waals surface area contributed by atoms with Crippen molar-refractivity contribution < 1.29 is 29.0 Å². The fourth-order valence-electron chi connectivity index (χ4n) is 3.61. The van der Waals surface area contributed by atoms with Crippen LogP contribution in [-0.4, -0.2) is 28.9 Å². The van der Waals surface area contributed by atoms with Crippen molar-refractivity contribution in [1.29, 1.82) is 0 Å². The Morgan fingerprint density at radius 1 is 1.19 bits per heavy atom. The molecule has 2 bridgehead atoms. The normalized spacial score (nSPS) is 26.6. The topological polar surface area (TPSA) is 75.4 Å². The summed E-state index contributed by atoms with van der Waals surface area (Å²) >= 11 is 0. The second kappa shape index (κ2) is 5.02. The van der Waals surface area contributed by atoms with Gasteiger partial charge in [0.1, 0.15) is 4.90 Å². The van der Waals surface area contributed by atoms with Gasteiger partial charge in [0.2, 0.25) is 5.91 Å². The molecule has 0 unspecified atom stereocenters. The van der Waals surface area contributed by atoms with Crippen molar-refractivity contribution in [1.82, 2.24) is 10.2 Å². The van der Waals surface area contributed by atoms with E-state index < -0.39 is 39.1 Å². The number of carbonyl (C=O) groups is 2. The fraction of sp³-hybridized carbons (Fsp3) is 0.467. The molecule has 0 radical (unpaired) electrons. The third-order valence-corrected chi connectivity index (χ3v) is 6.12. The van der Waals surface area contributed by atoms with Gasteiger partial charge in [-0.25, -0.2) is 4.79 Å². The van der Waals surface area contributed by atoms with Crippen LogP contribution in [0.5, 0.6) is 0 Å². The Morgan fingerprint density at radius 3 is 2.27 bits per heavy atom. The molecule has 146 valence electrons. The molecular formula is C15H18F5N3O2S. The molecule has 0 spiro atoms. The molecule has 0 aromatic heterocycles. The Labute approximate surface area is 146 Å². The highest BCUT2D eigenvalue weighted by molar-refractivity contribution is 8.45. The number of rotatable bonds is 6. The SMILES string of the molecule is NC(=O)NCC(=O)N(Cc1cccc(S(F)(F)(F)(F)F)c1)C12CC(C1)C2. The zero-order chi connectivity index (χ0) is 19.4. The maximum Gasteiger partial charge on any atom is 0.312 e. The van der Waals surface area contributed by atoms with Crippen LogP contribution in [-0.2, 0) is 11.3 Å². The van der Waals surface area contributed by atoms with Crippen LogP contribution in [0.3, 0.4) is 0 Å². The Kier molecular flexibility index (Phi) is 3.62. The van der Waals surface area contributed by atoms with Gasteiger partial charge < -0.3 is 16.0 Å². The van der Waals surface area contributed by atoms with Gasteiger partial charge in [-0.15, -0.1) is 0 Å². The average molecular weight is 399 g/mol. The summed E-state index contributed by atoms with van der Waals surface area (Å²) in [6.45, 7) is -0.642. The molecule has 1 aromatic rings. The lowest BCUT2D eigenvalue weighted by Crippen LogP contribution is -2.70. The van der Waals surface area contributed by atoms with Crippen molar-refractivity contribution in [3.05, 3.63) is 29.8 Å². The number of nitrogens with two attached hydrogens (primary N) is 1. The molecule has 3 fully saturated rings. The zero-order valence-electron chi connectivity index (χ0n) is 13.6. The van der Waals surface area contributed by atoms with Crippen molar-refractivity contribution in [3.8, 4) is 0 Å². The van der Waals surface area contributed by atoms with Gasteiger partial charge in [-0.05, 0) is 42.9 Å². The third kappa shape index (κ3) is 3.57. The van der Waals surface area contributed by atoms with E-state index in [4.69, 9.17) is 5.73 Å². The first kappa shape index (κ1) is 18.7. The molecule has 3 saturated carbocycles. The Morgan fingerprint density at radius 2 is 1.81 bits per heavy atom. The predicted octanol–water partition coefficient (Wildman–Crippen LogP) is 3.89. The smallest absolute Gasteiger partial charge is 0.312 e. The first-order valence-electron chi connectivity index (χ1n) is 7.85. The lowest BCUT2D eigenvalue weighted by molar-refractivity contribution is -0.173. The highest BCUT2D eigenvalue weighted by Gasteiger charge is 2.65. The van der Waals surface area contributed by atoms with Gasteiger partial charge in [-0.1, -0.05) is 31.6 Å². The van der Waals surface area contributed by atoms with Crippen molar-refractivity contribution in [2.45, 2.75) is 36.2 Å². The van der Waals surface area contributed by atoms with Crippen LogP contribution in [0.15, 0.2) is 29.2 Å². The van der Waals surface area contributed by atoms with E-state index in [2.05, 4.69) is 5.32 Å². The number of hydrogen-bond acceptors (Lipinski definition) is 2. The van der Waals surface area contributed by atoms with E-state index in [-0.39, 0.29) is 12.1 Å². The van der Waals surface area contributed by atoms with E-state index in [1.807, 2.05) is 0 Å². The molecule has 11 heteroatoms. The summed E-state index contributed by atoms with van der Waals surface area (Å²) in [5.74, 6) is -0.0369. The first-order chi connectivity index (χ1) is 11.7. The van der Waals surface area contributed by atoms with E-state index in [0.717, 1.165) is 25.3 Å². The van der Waals surface area contributed by atoms with Crippen LogP contribution in [0, 0.1) is 5.92 Å². The number of nitrogens with zero attached hydrogens (tertiary/aromatic N) is 1. The van der Waals surface area contributed by atoms with E-state index in [9.17, 15) is 29.0 Å². The summed E-state index contributed by atoms with van der Waals surface area (Å²) in [5.41, 5.74) is 4.42. The lowest BCUT2D eigenvalue weighted by atomic mass is 9.49. The molecule has 5 nitrogen and oxygen atoms in total. The molecule has 3 aliphatic rings. The third-order valence-electron chi connectivity index (χ3n) is 4.98. The van der Waals surface area contributed by atoms with Crippen LogP contribution >= 0.6 is 10.2 Å². The number of nitrogens with one attached hydrogen (secondary N) is 1.